The molecular formula is CH3CaNS. The molecule has 0 aromatic carbocycles. The van der Waals surface area contributed by atoms with Crippen LogP contribution in [-0.2, 0) is 0 Å². The molecule has 0 atom stereocenters. The number of hydrogen-bond donors (Lipinski definition) is 1. The van der Waals surface area contributed by atoms with Gasteiger partial charge in [0.25, 0.3) is 0 Å². The molecule has 0 radical (unpaired) electrons. The Kier molecular flexibility index (Phi) is 19.9. The second kappa shape index (κ2) is 8.96. The maximum atomic E-state index is 5.77. The third-order valence-corrected chi connectivity index (χ3v) is 0. The third-order valence-electron chi connectivity index (χ3n) is 0. The van der Waals surface area contributed by atoms with Crippen molar-refractivity contribution in [2.45, 2.75) is 0 Å². The first-order chi connectivity index (χ1) is 1.41. The summed E-state index contributed by atoms with van der Waals surface area (Å²) < 4.78 is 0. The topological polar surface area (TPSA) is 23.9 Å². The Bertz CT molecular complexity index is 29.0. The molecule has 0 spiro atoms. The molecule has 0 fully saturated rings. The van der Waals surface area contributed by atoms with Gasteiger partial charge >= 0.3 is 37.7 Å². The third kappa shape index (κ3) is 11.6. The number of hydrogen-bond acceptors (Lipinski definition) is 2. The van der Waals surface area contributed by atoms with Crippen molar-refractivity contribution in [3.05, 3.63) is 0 Å². The van der Waals surface area contributed by atoms with E-state index in [0.717, 1.165) is 0 Å². The molecule has 0 aliphatic rings. The van der Waals surface area contributed by atoms with Crippen LogP contribution in [-0.4, -0.2) is 42.9 Å². The average molecular weight is 101 g/mol. The second-order valence-corrected chi connectivity index (χ2v) is 0.306. The van der Waals surface area contributed by atoms with E-state index in [2.05, 4.69) is 12.2 Å². The molecule has 0 saturated heterocycles. The molecule has 0 amide bonds. The van der Waals surface area contributed by atoms with Gasteiger partial charge in [-0.15, -0.1) is 0 Å². The van der Waals surface area contributed by atoms with Gasteiger partial charge in [-0.1, -0.05) is 0 Å². The Morgan fingerprint density at radius 2 is 1.75 bits per heavy atom. The molecule has 4 heavy (non-hydrogen) atoms. The fraction of sp³-hybridized carbons (Fsp3) is 0. The zero-order valence-corrected chi connectivity index (χ0v) is 2.22. The number of rotatable bonds is 0. The van der Waals surface area contributed by atoms with Gasteiger partial charge in [0.2, 0.25) is 0 Å². The summed E-state index contributed by atoms with van der Waals surface area (Å²) in [6.07, 6.45) is 0. The van der Waals surface area contributed by atoms with E-state index in [9.17, 15) is 0 Å². The van der Waals surface area contributed by atoms with E-state index in [4.69, 9.17) is 5.41 Å². The summed E-state index contributed by atoms with van der Waals surface area (Å²) in [6, 6.07) is 0. The summed E-state index contributed by atoms with van der Waals surface area (Å²) in [7, 11) is 0. The average Bonchev–Trinajstić information content (AvgIpc) is 0.918. The molecule has 1 nitrogen and oxygen atoms in total. The fourth-order valence-electron chi connectivity index (χ4n) is 0. The van der Waals surface area contributed by atoms with Crippen molar-refractivity contribution in [2.75, 3.05) is 0 Å². The van der Waals surface area contributed by atoms with Crippen LogP contribution in [0.4, 0.5) is 0 Å². The molecule has 0 aromatic heterocycles. The Morgan fingerprint density at radius 3 is 1.75 bits per heavy atom. The van der Waals surface area contributed by atoms with Crippen LogP contribution in [0.15, 0.2) is 0 Å². The van der Waals surface area contributed by atoms with Crippen LogP contribution in [0.3, 0.4) is 0 Å². The normalized spacial score (nSPS) is 2.00. The van der Waals surface area contributed by atoms with Crippen LogP contribution in [0.5, 0.6) is 0 Å². The molecule has 0 aliphatic carbocycles. The first-order valence-electron chi connectivity index (χ1n) is 0.454. The molecule has 0 bridgehead atoms. The van der Waals surface area contributed by atoms with Crippen molar-refractivity contribution < 1.29 is 0 Å². The predicted octanol–water partition coefficient (Wildman–Crippen LogP) is -0.248. The van der Waals surface area contributed by atoms with Crippen molar-refractivity contribution in [2.24, 2.45) is 0 Å². The van der Waals surface area contributed by atoms with Crippen molar-refractivity contribution in [1.29, 1.82) is 5.41 Å². The second-order valence-electron chi connectivity index (χ2n) is 0.102. The first-order valence-corrected chi connectivity index (χ1v) is 0.862. The Labute approximate surface area is 59.9 Å². The Morgan fingerprint density at radius 1 is 1.75 bits per heavy atom. The van der Waals surface area contributed by atoms with Gasteiger partial charge in [-0.3, -0.25) is 0 Å². The monoisotopic (exact) mass is 101 g/mol. The van der Waals surface area contributed by atoms with E-state index in [1.165, 1.54) is 0 Å². The first kappa shape index (κ1) is 8.91. The molecule has 1 N–H and O–H groups in total. The Hall–Kier alpha value is 1.06. The number of thiocarbonyl (C=S) groups is 1. The molecule has 0 saturated carbocycles. The summed E-state index contributed by atoms with van der Waals surface area (Å²) in [4.78, 5) is 0. The van der Waals surface area contributed by atoms with E-state index >= 15 is 0 Å². The standard InChI is InChI=1S/CHNS.Ca.2H/c2-1-3;;;/h2H;;;. The summed E-state index contributed by atoms with van der Waals surface area (Å²) in [5.74, 6) is 0. The number of isothiocyanates is 1. The van der Waals surface area contributed by atoms with Gasteiger partial charge in [0, 0.05) is 0 Å². The van der Waals surface area contributed by atoms with Gasteiger partial charge in [-0.05, 0) is 12.2 Å². The predicted molar refractivity (Wildman–Crippen MR) is 23.9 cm³/mol. The van der Waals surface area contributed by atoms with Crippen molar-refractivity contribution in [1.82, 2.24) is 0 Å². The van der Waals surface area contributed by atoms with Crippen LogP contribution in [0.2, 0.25) is 0 Å². The zero-order valence-electron chi connectivity index (χ0n) is 1.41. The van der Waals surface area contributed by atoms with Gasteiger partial charge in [0.1, 0.15) is 0 Å². The summed E-state index contributed by atoms with van der Waals surface area (Å²) >= 11 is 3.81. The van der Waals surface area contributed by atoms with E-state index < -0.39 is 0 Å². The van der Waals surface area contributed by atoms with E-state index in [1.807, 2.05) is 0 Å². The molecule has 20 valence electrons. The summed E-state index contributed by atoms with van der Waals surface area (Å²) in [5, 5.41) is 7.36. The number of nitrogens with one attached hydrogen (secondary N) is 1. The molecule has 0 heterocycles. The van der Waals surface area contributed by atoms with Gasteiger partial charge < -0.3 is 0 Å². The minimum atomic E-state index is 0. The van der Waals surface area contributed by atoms with E-state index in [0.29, 0.717) is 0 Å². The summed E-state index contributed by atoms with van der Waals surface area (Å²) in [6.45, 7) is 0. The van der Waals surface area contributed by atoms with Crippen LogP contribution in [0.25, 0.3) is 0 Å². The van der Waals surface area contributed by atoms with Gasteiger partial charge in [0.15, 0.2) is 0 Å². The summed E-state index contributed by atoms with van der Waals surface area (Å²) in [5.41, 5.74) is 0. The maximum absolute atomic E-state index is 5.77. The minimum absolute atomic E-state index is 0. The van der Waals surface area contributed by atoms with Gasteiger partial charge in [0.05, 0.1) is 5.16 Å². The van der Waals surface area contributed by atoms with Crippen LogP contribution in [0, 0.1) is 5.41 Å². The van der Waals surface area contributed by atoms with Crippen LogP contribution < -0.4 is 0 Å². The molecular weight excluding hydrogens is 98.2 g/mol. The molecule has 0 aliphatic heterocycles. The quantitative estimate of drug-likeness (QED) is 0.254. The molecule has 0 rings (SSSR count). The van der Waals surface area contributed by atoms with Crippen molar-refractivity contribution in [3.63, 3.8) is 0 Å². The van der Waals surface area contributed by atoms with Gasteiger partial charge in [-0.25, -0.2) is 5.41 Å². The zero-order chi connectivity index (χ0) is 2.71. The van der Waals surface area contributed by atoms with Gasteiger partial charge in [-0.2, -0.15) is 0 Å². The SMILES string of the molecule is N=C=S.[CaH2]. The van der Waals surface area contributed by atoms with E-state index in [1.54, 1.807) is 5.16 Å². The molecule has 3 heteroatoms. The van der Waals surface area contributed by atoms with Crippen molar-refractivity contribution >= 4 is 55.1 Å². The Balaban J connectivity index is 0. The van der Waals surface area contributed by atoms with E-state index in [-0.39, 0.29) is 37.7 Å². The fourth-order valence-corrected chi connectivity index (χ4v) is 0. The molecule has 0 unspecified atom stereocenters. The van der Waals surface area contributed by atoms with Crippen molar-refractivity contribution in [3.8, 4) is 0 Å². The van der Waals surface area contributed by atoms with Crippen LogP contribution >= 0.6 is 12.2 Å². The molecule has 0 aromatic rings. The van der Waals surface area contributed by atoms with Crippen LogP contribution in [0.1, 0.15) is 0 Å².